The monoisotopic (exact) mass is 383 g/mol. The summed E-state index contributed by atoms with van der Waals surface area (Å²) < 4.78 is 5.62. The van der Waals surface area contributed by atoms with Crippen molar-refractivity contribution in [3.8, 4) is 0 Å². The molecule has 3 amide bonds. The number of amides is 3. The molecule has 7 nitrogen and oxygen atoms in total. The van der Waals surface area contributed by atoms with Crippen molar-refractivity contribution < 1.29 is 19.4 Å². The second-order valence-corrected chi connectivity index (χ2v) is 6.71. The highest BCUT2D eigenvalue weighted by Crippen LogP contribution is 2.12. The maximum Gasteiger partial charge on any atom is 0.317 e. The minimum absolute atomic E-state index is 0.0111. The van der Waals surface area contributed by atoms with E-state index in [0.717, 1.165) is 5.56 Å². The predicted octanol–water partition coefficient (Wildman–Crippen LogP) is 1.48. The zero-order valence-electron chi connectivity index (χ0n) is 15.0. The third kappa shape index (κ3) is 6.48. The molecule has 0 aromatic heterocycles. The summed E-state index contributed by atoms with van der Waals surface area (Å²) in [5.74, 6) is 0.0111. The molecular weight excluding hydrogens is 358 g/mol. The number of nitrogens with one attached hydrogen (secondary N) is 1. The fourth-order valence-electron chi connectivity index (χ4n) is 2.77. The third-order valence-corrected chi connectivity index (χ3v) is 4.48. The lowest BCUT2D eigenvalue weighted by Crippen LogP contribution is -2.50. The number of morpholine rings is 1. The van der Waals surface area contributed by atoms with Crippen LogP contribution >= 0.6 is 11.6 Å². The summed E-state index contributed by atoms with van der Waals surface area (Å²) in [6, 6.07) is 7.08. The first-order chi connectivity index (χ1) is 12.5. The Morgan fingerprint density at radius 3 is 2.77 bits per heavy atom. The van der Waals surface area contributed by atoms with Crippen LogP contribution in [0.5, 0.6) is 0 Å². The van der Waals surface area contributed by atoms with Crippen molar-refractivity contribution in [2.75, 3.05) is 39.4 Å². The van der Waals surface area contributed by atoms with Crippen molar-refractivity contribution in [2.24, 2.45) is 0 Å². The van der Waals surface area contributed by atoms with E-state index in [9.17, 15) is 9.59 Å². The van der Waals surface area contributed by atoms with E-state index in [1.807, 2.05) is 12.1 Å². The van der Waals surface area contributed by atoms with Crippen LogP contribution in [-0.4, -0.2) is 72.3 Å². The van der Waals surface area contributed by atoms with E-state index in [2.05, 4.69) is 5.32 Å². The van der Waals surface area contributed by atoms with E-state index in [4.69, 9.17) is 21.4 Å². The average molecular weight is 384 g/mol. The van der Waals surface area contributed by atoms with E-state index < -0.39 is 0 Å². The number of rotatable bonds is 7. The van der Waals surface area contributed by atoms with Crippen molar-refractivity contribution in [1.29, 1.82) is 0 Å². The number of benzene rings is 1. The average Bonchev–Trinajstić information content (AvgIpc) is 2.65. The molecule has 26 heavy (non-hydrogen) atoms. The predicted molar refractivity (Wildman–Crippen MR) is 99.0 cm³/mol. The molecule has 2 N–H and O–H groups in total. The molecule has 1 saturated heterocycles. The van der Waals surface area contributed by atoms with Crippen LogP contribution in [0.1, 0.15) is 18.9 Å². The molecule has 2 rings (SSSR count). The minimum Gasteiger partial charge on any atom is -0.396 e. The topological polar surface area (TPSA) is 82.1 Å². The first-order valence-corrected chi connectivity index (χ1v) is 9.12. The van der Waals surface area contributed by atoms with Gasteiger partial charge in [-0.15, -0.1) is 0 Å². The van der Waals surface area contributed by atoms with Gasteiger partial charge in [-0.25, -0.2) is 4.79 Å². The normalized spacial score (nSPS) is 17.0. The van der Waals surface area contributed by atoms with Crippen molar-refractivity contribution in [2.45, 2.75) is 26.0 Å². The maximum atomic E-state index is 12.5. The fourth-order valence-corrected chi connectivity index (χ4v) is 2.89. The summed E-state index contributed by atoms with van der Waals surface area (Å²) in [5.41, 5.74) is 0.958. The van der Waals surface area contributed by atoms with Crippen molar-refractivity contribution in [3.05, 3.63) is 34.9 Å². The molecule has 0 spiro atoms. The number of hydrogen-bond acceptors (Lipinski definition) is 4. The number of carbonyl (C=O) groups is 2. The van der Waals surface area contributed by atoms with Crippen LogP contribution in [0, 0.1) is 0 Å². The molecule has 1 aromatic rings. The highest BCUT2D eigenvalue weighted by molar-refractivity contribution is 6.30. The zero-order valence-corrected chi connectivity index (χ0v) is 15.7. The smallest absolute Gasteiger partial charge is 0.317 e. The van der Waals surface area contributed by atoms with Gasteiger partial charge >= 0.3 is 6.03 Å². The standard InChI is InChI=1S/C18H26ClN3O4/c1-14(24)21-8-10-26-17(13-21)11-20-18(25)22(7-2-9-23)12-15-3-5-16(19)6-4-15/h3-6,17,23H,2,7-13H2,1H3,(H,20,25). The number of hydrogen-bond donors (Lipinski definition) is 2. The van der Waals surface area contributed by atoms with Gasteiger partial charge in [0.25, 0.3) is 0 Å². The Morgan fingerprint density at radius 2 is 2.12 bits per heavy atom. The number of aliphatic hydroxyl groups excluding tert-OH is 1. The van der Waals surface area contributed by atoms with E-state index in [0.29, 0.717) is 50.8 Å². The van der Waals surface area contributed by atoms with Gasteiger partial charge in [0, 0.05) is 51.3 Å². The van der Waals surface area contributed by atoms with E-state index >= 15 is 0 Å². The van der Waals surface area contributed by atoms with Crippen LogP contribution in [0.3, 0.4) is 0 Å². The summed E-state index contributed by atoms with van der Waals surface area (Å²) in [5, 5.41) is 12.6. The van der Waals surface area contributed by atoms with Crippen LogP contribution in [-0.2, 0) is 16.1 Å². The lowest BCUT2D eigenvalue weighted by molar-refractivity contribution is -0.136. The molecule has 1 aromatic carbocycles. The van der Waals surface area contributed by atoms with Crippen LogP contribution in [0.2, 0.25) is 5.02 Å². The Morgan fingerprint density at radius 1 is 1.38 bits per heavy atom. The molecule has 1 aliphatic rings. The van der Waals surface area contributed by atoms with Gasteiger partial charge in [-0.2, -0.15) is 0 Å². The molecule has 1 aliphatic heterocycles. The van der Waals surface area contributed by atoms with Gasteiger partial charge in [0.2, 0.25) is 5.91 Å². The molecule has 0 radical (unpaired) electrons. The molecule has 144 valence electrons. The number of ether oxygens (including phenoxy) is 1. The number of nitrogens with zero attached hydrogens (tertiary/aromatic N) is 2. The zero-order chi connectivity index (χ0) is 18.9. The van der Waals surface area contributed by atoms with Crippen LogP contribution in [0.4, 0.5) is 4.79 Å². The summed E-state index contributed by atoms with van der Waals surface area (Å²) >= 11 is 5.90. The van der Waals surface area contributed by atoms with Gasteiger partial charge in [-0.1, -0.05) is 23.7 Å². The Balaban J connectivity index is 1.89. The number of halogens is 1. The van der Waals surface area contributed by atoms with Gasteiger partial charge in [0.15, 0.2) is 0 Å². The highest BCUT2D eigenvalue weighted by Gasteiger charge is 2.23. The number of urea groups is 1. The Bertz CT molecular complexity index is 597. The van der Waals surface area contributed by atoms with Crippen LogP contribution in [0.25, 0.3) is 0 Å². The molecule has 1 unspecified atom stereocenters. The minimum atomic E-state index is -0.225. The maximum absolute atomic E-state index is 12.5. The molecule has 0 saturated carbocycles. The van der Waals surface area contributed by atoms with E-state index in [-0.39, 0.29) is 24.6 Å². The molecular formula is C18H26ClN3O4. The Labute approximate surface area is 158 Å². The summed E-state index contributed by atoms with van der Waals surface area (Å²) in [6.07, 6.45) is 0.283. The molecule has 0 aliphatic carbocycles. The van der Waals surface area contributed by atoms with E-state index in [1.54, 1.807) is 21.9 Å². The number of carbonyl (C=O) groups excluding carboxylic acids is 2. The van der Waals surface area contributed by atoms with Gasteiger partial charge in [-0.3, -0.25) is 4.79 Å². The first-order valence-electron chi connectivity index (χ1n) is 8.74. The Hall–Kier alpha value is -1.83. The van der Waals surface area contributed by atoms with Gasteiger partial charge in [-0.05, 0) is 24.1 Å². The fraction of sp³-hybridized carbons (Fsp3) is 0.556. The van der Waals surface area contributed by atoms with Crippen molar-refractivity contribution >= 4 is 23.5 Å². The summed E-state index contributed by atoms with van der Waals surface area (Å²) in [6.45, 7) is 4.28. The molecule has 8 heteroatoms. The lowest BCUT2D eigenvalue weighted by Gasteiger charge is -2.33. The van der Waals surface area contributed by atoms with Crippen molar-refractivity contribution in [1.82, 2.24) is 15.1 Å². The molecule has 0 bridgehead atoms. The molecule has 1 atom stereocenters. The lowest BCUT2D eigenvalue weighted by atomic mass is 10.2. The van der Waals surface area contributed by atoms with Gasteiger partial charge < -0.3 is 25.0 Å². The summed E-state index contributed by atoms with van der Waals surface area (Å²) in [7, 11) is 0. The van der Waals surface area contributed by atoms with Crippen molar-refractivity contribution in [3.63, 3.8) is 0 Å². The second-order valence-electron chi connectivity index (χ2n) is 6.27. The third-order valence-electron chi connectivity index (χ3n) is 4.23. The number of aliphatic hydroxyl groups is 1. The SMILES string of the molecule is CC(=O)N1CCOC(CNC(=O)N(CCCO)Cc2ccc(Cl)cc2)C1. The quantitative estimate of drug-likeness (QED) is 0.747. The molecule has 1 heterocycles. The second kappa shape index (κ2) is 10.4. The van der Waals surface area contributed by atoms with Gasteiger partial charge in [0.1, 0.15) is 0 Å². The largest absolute Gasteiger partial charge is 0.396 e. The summed E-state index contributed by atoms with van der Waals surface area (Å²) in [4.78, 5) is 27.4. The van der Waals surface area contributed by atoms with Crippen LogP contribution in [0.15, 0.2) is 24.3 Å². The molecule has 1 fully saturated rings. The Kier molecular flexibility index (Phi) is 8.15. The van der Waals surface area contributed by atoms with E-state index in [1.165, 1.54) is 6.92 Å². The van der Waals surface area contributed by atoms with Gasteiger partial charge in [0.05, 0.1) is 12.7 Å². The first kappa shape index (κ1) is 20.5. The van der Waals surface area contributed by atoms with Crippen LogP contribution < -0.4 is 5.32 Å². The highest BCUT2D eigenvalue weighted by atomic mass is 35.5.